The van der Waals surface area contributed by atoms with Gasteiger partial charge in [0, 0.05) is 0 Å². The smallest absolute Gasteiger partial charge is 0.311 e. The van der Waals surface area contributed by atoms with Crippen molar-refractivity contribution in [3.8, 4) is 0 Å². The zero-order chi connectivity index (χ0) is 12.4. The molecule has 16 heavy (non-hydrogen) atoms. The molecular formula is C12H22O4. The van der Waals surface area contributed by atoms with Crippen LogP contribution in [0.2, 0.25) is 0 Å². The molecular weight excluding hydrogens is 208 g/mol. The van der Waals surface area contributed by atoms with E-state index >= 15 is 0 Å². The van der Waals surface area contributed by atoms with Crippen molar-refractivity contribution in [2.24, 2.45) is 5.41 Å². The molecule has 1 rings (SSSR count). The third-order valence-corrected chi connectivity index (χ3v) is 2.63. The van der Waals surface area contributed by atoms with Crippen LogP contribution >= 0.6 is 0 Å². The number of esters is 1. The summed E-state index contributed by atoms with van der Waals surface area (Å²) in [5.74, 6) is -0.710. The molecule has 0 spiro atoms. The van der Waals surface area contributed by atoms with Crippen LogP contribution in [0, 0.1) is 5.41 Å². The Morgan fingerprint density at radius 2 is 2.12 bits per heavy atom. The van der Waals surface area contributed by atoms with E-state index in [1.807, 2.05) is 34.6 Å². The second-order valence-electron chi connectivity index (χ2n) is 5.26. The largest absolute Gasteiger partial charge is 0.466 e. The highest BCUT2D eigenvalue weighted by molar-refractivity contribution is 5.75. The molecule has 1 aliphatic rings. The number of carbonyl (C=O) groups is 1. The van der Waals surface area contributed by atoms with Crippen LogP contribution in [0.5, 0.6) is 0 Å². The van der Waals surface area contributed by atoms with E-state index in [4.69, 9.17) is 14.2 Å². The zero-order valence-corrected chi connectivity index (χ0v) is 10.8. The lowest BCUT2D eigenvalue weighted by molar-refractivity contribution is -0.160. The van der Waals surface area contributed by atoms with E-state index in [0.29, 0.717) is 19.6 Å². The van der Waals surface area contributed by atoms with Gasteiger partial charge in [0.05, 0.1) is 24.7 Å². The fraction of sp³-hybridized carbons (Fsp3) is 0.917. The molecule has 0 aromatic carbocycles. The van der Waals surface area contributed by atoms with Crippen molar-refractivity contribution in [3.63, 3.8) is 0 Å². The summed E-state index contributed by atoms with van der Waals surface area (Å²) in [6.07, 6.45) is 0.587. The molecule has 0 aliphatic carbocycles. The first-order valence-corrected chi connectivity index (χ1v) is 5.76. The maximum absolute atomic E-state index is 11.7. The molecule has 1 fully saturated rings. The van der Waals surface area contributed by atoms with Crippen molar-refractivity contribution in [1.82, 2.24) is 0 Å². The van der Waals surface area contributed by atoms with E-state index in [2.05, 4.69) is 0 Å². The van der Waals surface area contributed by atoms with Gasteiger partial charge in [-0.15, -0.1) is 0 Å². The van der Waals surface area contributed by atoms with E-state index in [1.165, 1.54) is 0 Å². The topological polar surface area (TPSA) is 44.8 Å². The summed E-state index contributed by atoms with van der Waals surface area (Å²) in [6.45, 7) is 10.3. The fourth-order valence-electron chi connectivity index (χ4n) is 1.84. The Balaban J connectivity index is 2.50. The summed E-state index contributed by atoms with van der Waals surface area (Å²) in [5.41, 5.74) is -0.523. The minimum atomic E-state index is -0.532. The van der Waals surface area contributed by atoms with Gasteiger partial charge in [0.2, 0.25) is 0 Å². The highest BCUT2D eigenvalue weighted by Gasteiger charge is 2.39. The summed E-state index contributed by atoms with van der Waals surface area (Å²) in [4.78, 5) is 11.7. The molecule has 1 aliphatic heterocycles. The van der Waals surface area contributed by atoms with Crippen LogP contribution in [0.1, 0.15) is 41.0 Å². The van der Waals surface area contributed by atoms with Gasteiger partial charge in [0.25, 0.3) is 0 Å². The minimum absolute atomic E-state index is 0.0330. The number of hydrogen-bond acceptors (Lipinski definition) is 4. The molecule has 4 heteroatoms. The number of ether oxygens (including phenoxy) is 3. The molecule has 0 radical (unpaired) electrons. The molecule has 0 aromatic heterocycles. The predicted molar refractivity (Wildman–Crippen MR) is 59.9 cm³/mol. The van der Waals surface area contributed by atoms with Gasteiger partial charge in [0.15, 0.2) is 5.79 Å². The maximum Gasteiger partial charge on any atom is 0.311 e. The monoisotopic (exact) mass is 230 g/mol. The number of rotatable bonds is 4. The third-order valence-electron chi connectivity index (χ3n) is 2.63. The lowest BCUT2D eigenvalue weighted by Gasteiger charge is -2.25. The minimum Gasteiger partial charge on any atom is -0.466 e. The van der Waals surface area contributed by atoms with Crippen molar-refractivity contribution in [2.45, 2.75) is 52.9 Å². The second kappa shape index (κ2) is 4.72. The Labute approximate surface area is 97.2 Å². The van der Waals surface area contributed by atoms with Crippen molar-refractivity contribution in [2.75, 3.05) is 13.2 Å². The molecule has 0 saturated carbocycles. The molecule has 94 valence electrons. The van der Waals surface area contributed by atoms with E-state index in [0.717, 1.165) is 0 Å². The average molecular weight is 230 g/mol. The fourth-order valence-corrected chi connectivity index (χ4v) is 1.84. The summed E-state index contributed by atoms with van der Waals surface area (Å²) < 4.78 is 16.2. The van der Waals surface area contributed by atoms with E-state index < -0.39 is 11.2 Å². The number of hydrogen-bond donors (Lipinski definition) is 0. The predicted octanol–water partition coefficient (Wildman–Crippen LogP) is 2.12. The molecule has 0 N–H and O–H groups in total. The lowest BCUT2D eigenvalue weighted by atomic mass is 9.87. The molecule has 1 atom stereocenters. The highest BCUT2D eigenvalue weighted by Crippen LogP contribution is 2.32. The van der Waals surface area contributed by atoms with Crippen molar-refractivity contribution in [3.05, 3.63) is 0 Å². The Morgan fingerprint density at radius 1 is 1.50 bits per heavy atom. The van der Waals surface area contributed by atoms with Crippen molar-refractivity contribution >= 4 is 5.97 Å². The summed E-state index contributed by atoms with van der Waals surface area (Å²) >= 11 is 0. The average Bonchev–Trinajstić information content (AvgIpc) is 2.45. The first kappa shape index (κ1) is 13.5. The van der Waals surface area contributed by atoms with Gasteiger partial charge in [0.1, 0.15) is 0 Å². The van der Waals surface area contributed by atoms with Gasteiger partial charge in [-0.1, -0.05) is 0 Å². The maximum atomic E-state index is 11.7. The van der Waals surface area contributed by atoms with E-state index in [1.54, 1.807) is 0 Å². The summed E-state index contributed by atoms with van der Waals surface area (Å²) in [5, 5.41) is 0. The summed E-state index contributed by atoms with van der Waals surface area (Å²) in [7, 11) is 0. The van der Waals surface area contributed by atoms with Gasteiger partial charge >= 0.3 is 5.97 Å². The first-order valence-electron chi connectivity index (χ1n) is 5.76. The zero-order valence-electron chi connectivity index (χ0n) is 10.8. The van der Waals surface area contributed by atoms with Gasteiger partial charge < -0.3 is 14.2 Å². The summed E-state index contributed by atoms with van der Waals surface area (Å²) in [6, 6.07) is 0. The molecule has 0 bridgehead atoms. The van der Waals surface area contributed by atoms with Crippen LogP contribution in [0.3, 0.4) is 0 Å². The van der Waals surface area contributed by atoms with Crippen molar-refractivity contribution in [1.29, 1.82) is 0 Å². The molecule has 4 nitrogen and oxygen atoms in total. The van der Waals surface area contributed by atoms with Crippen LogP contribution in [0.25, 0.3) is 0 Å². The van der Waals surface area contributed by atoms with Crippen LogP contribution in [0.4, 0.5) is 0 Å². The molecule has 0 amide bonds. The quantitative estimate of drug-likeness (QED) is 0.694. The Hall–Kier alpha value is -0.610. The molecule has 1 heterocycles. The van der Waals surface area contributed by atoms with Gasteiger partial charge in [-0.05, 0) is 41.0 Å². The highest BCUT2D eigenvalue weighted by atomic mass is 16.7. The van der Waals surface area contributed by atoms with E-state index in [-0.39, 0.29) is 12.1 Å². The normalized spacial score (nSPS) is 24.4. The lowest BCUT2D eigenvalue weighted by Crippen LogP contribution is -2.32. The van der Waals surface area contributed by atoms with Crippen LogP contribution in [-0.2, 0) is 19.0 Å². The first-order chi connectivity index (χ1) is 7.27. The Bertz CT molecular complexity index is 258. The molecule has 1 saturated heterocycles. The second-order valence-corrected chi connectivity index (χ2v) is 5.26. The molecule has 0 aromatic rings. The Morgan fingerprint density at radius 3 is 2.56 bits per heavy atom. The third kappa shape index (κ3) is 3.46. The van der Waals surface area contributed by atoms with Gasteiger partial charge in [-0.25, -0.2) is 0 Å². The van der Waals surface area contributed by atoms with Crippen molar-refractivity contribution < 1.29 is 19.0 Å². The van der Waals surface area contributed by atoms with E-state index in [9.17, 15) is 4.79 Å². The SMILES string of the molecule is CCOC(=O)C(C)(C)C[C@H]1COC(C)(C)O1. The van der Waals surface area contributed by atoms with Gasteiger partial charge in [-0.3, -0.25) is 4.79 Å². The molecule has 0 unspecified atom stereocenters. The standard InChI is InChI=1S/C12H22O4/c1-6-14-10(13)11(2,3)7-9-8-15-12(4,5)16-9/h9H,6-8H2,1-5H3/t9-/m0/s1. The van der Waals surface area contributed by atoms with Crippen LogP contribution in [0.15, 0.2) is 0 Å². The van der Waals surface area contributed by atoms with Gasteiger partial charge in [-0.2, -0.15) is 0 Å². The number of carbonyl (C=O) groups excluding carboxylic acids is 1. The Kier molecular flexibility index (Phi) is 3.97. The van der Waals surface area contributed by atoms with Crippen LogP contribution < -0.4 is 0 Å². The van der Waals surface area contributed by atoms with Crippen LogP contribution in [-0.4, -0.2) is 31.1 Å².